The van der Waals surface area contributed by atoms with Crippen molar-refractivity contribution >= 4 is 16.4 Å². The summed E-state index contributed by atoms with van der Waals surface area (Å²) in [5.41, 5.74) is 1.45. The fourth-order valence-electron chi connectivity index (χ4n) is 12.1. The first kappa shape index (κ1) is 29.6. The molecule has 0 spiro atoms. The lowest BCUT2D eigenvalue weighted by molar-refractivity contribution is -0.251. The summed E-state index contributed by atoms with van der Waals surface area (Å²) in [6.45, 7) is 20.5. The van der Waals surface area contributed by atoms with Gasteiger partial charge >= 0.3 is 16.4 Å². The van der Waals surface area contributed by atoms with Gasteiger partial charge in [0.2, 0.25) is 0 Å². The Morgan fingerprint density at radius 3 is 2.18 bits per heavy atom. The van der Waals surface area contributed by atoms with E-state index in [1.54, 1.807) is 0 Å². The van der Waals surface area contributed by atoms with Crippen LogP contribution >= 0.6 is 0 Å². The first-order valence-electron chi connectivity index (χ1n) is 15.4. The minimum atomic E-state index is -4.48. The lowest BCUT2D eigenvalue weighted by Gasteiger charge is -2.73. The highest BCUT2D eigenvalue weighted by Crippen LogP contribution is 2.77. The van der Waals surface area contributed by atoms with Crippen LogP contribution in [-0.2, 0) is 24.1 Å². The first-order chi connectivity index (χ1) is 17.9. The number of esters is 1. The fourth-order valence-corrected chi connectivity index (χ4v) is 12.5. The Hall–Kier alpha value is -0.920. The molecule has 5 rings (SSSR count). The van der Waals surface area contributed by atoms with Gasteiger partial charge in [0.25, 0.3) is 0 Å². The molecule has 0 bridgehead atoms. The second kappa shape index (κ2) is 9.29. The minimum Gasteiger partial charge on any atom is -0.462 e. The summed E-state index contributed by atoms with van der Waals surface area (Å²) < 4.78 is 43.8. The smallest absolute Gasteiger partial charge is 0.397 e. The predicted octanol–water partition coefficient (Wildman–Crippen LogP) is 7.40. The second-order valence-corrected chi connectivity index (χ2v) is 16.8. The summed E-state index contributed by atoms with van der Waals surface area (Å²) in [7, 11) is -4.48. The van der Waals surface area contributed by atoms with Crippen LogP contribution in [0.1, 0.15) is 113 Å². The Labute approximate surface area is 237 Å². The van der Waals surface area contributed by atoms with Crippen molar-refractivity contribution in [2.45, 2.75) is 119 Å². The van der Waals surface area contributed by atoms with Crippen LogP contribution in [0.2, 0.25) is 0 Å². The maximum atomic E-state index is 11.9. The molecule has 5 saturated carbocycles. The highest BCUT2D eigenvalue weighted by molar-refractivity contribution is 7.80. The summed E-state index contributed by atoms with van der Waals surface area (Å²) in [6, 6.07) is 0. The van der Waals surface area contributed by atoms with Crippen molar-refractivity contribution in [3.05, 3.63) is 12.2 Å². The van der Waals surface area contributed by atoms with Gasteiger partial charge in [0.05, 0.1) is 6.61 Å². The molecule has 6 nitrogen and oxygen atoms in total. The lowest BCUT2D eigenvalue weighted by atomic mass is 9.32. The molecule has 0 aromatic carbocycles. The van der Waals surface area contributed by atoms with Crippen molar-refractivity contribution in [3.8, 4) is 0 Å². The predicted molar refractivity (Wildman–Crippen MR) is 152 cm³/mol. The SMILES string of the molecule is C=C(C)[C@@H]1CC[C@]2(COS(=O)(=O)O)CC[C@]3(C)[C@H](CC[C@@H]4[C@@]5(C)CC[C@H](OC(C)=O)C(C)(C)[C@@H]5CC[C@]43C)[C@@H]12. The van der Waals surface area contributed by atoms with Crippen LogP contribution in [0.25, 0.3) is 0 Å². The van der Waals surface area contributed by atoms with Crippen molar-refractivity contribution in [2.75, 3.05) is 6.61 Å². The maximum Gasteiger partial charge on any atom is 0.397 e. The van der Waals surface area contributed by atoms with Crippen LogP contribution in [0, 0.1) is 56.7 Å². The van der Waals surface area contributed by atoms with E-state index < -0.39 is 10.4 Å². The standard InChI is InChI=1S/C32H52O6S/c1-20(2)22-11-16-32(19-37-39(34,35)36)18-17-30(7)23(27(22)32)9-10-25-29(6)14-13-26(38-21(3)33)28(4,5)24(29)12-15-31(25,30)8/h22-27H,1,9-19H2,2-8H3,(H,34,35,36)/t22-,23+,24-,25+,26-,27+,29-,30+,31+,32+/m0/s1. The van der Waals surface area contributed by atoms with E-state index in [-0.39, 0.29) is 45.8 Å². The van der Waals surface area contributed by atoms with Gasteiger partial charge in [-0.3, -0.25) is 9.35 Å². The highest BCUT2D eigenvalue weighted by Gasteiger charge is 2.71. The molecule has 0 aliphatic heterocycles. The third-order valence-electron chi connectivity index (χ3n) is 14.0. The number of hydrogen-bond donors (Lipinski definition) is 1. The Kier molecular flexibility index (Phi) is 7.04. The zero-order chi connectivity index (χ0) is 28.8. The Morgan fingerprint density at radius 2 is 1.56 bits per heavy atom. The van der Waals surface area contributed by atoms with Gasteiger partial charge < -0.3 is 4.74 Å². The van der Waals surface area contributed by atoms with E-state index >= 15 is 0 Å². The molecule has 5 aliphatic rings. The molecule has 39 heavy (non-hydrogen) atoms. The summed E-state index contributed by atoms with van der Waals surface area (Å²) in [6.07, 6.45) is 10.6. The van der Waals surface area contributed by atoms with Gasteiger partial charge in [-0.25, -0.2) is 4.18 Å². The molecule has 5 fully saturated rings. The maximum absolute atomic E-state index is 11.9. The number of rotatable bonds is 5. The number of allylic oxidation sites excluding steroid dienone is 1. The molecule has 222 valence electrons. The molecular formula is C32H52O6S. The molecule has 5 aliphatic carbocycles. The van der Waals surface area contributed by atoms with E-state index in [9.17, 15) is 17.8 Å². The van der Waals surface area contributed by atoms with Gasteiger partial charge in [-0.2, -0.15) is 8.42 Å². The first-order valence-corrected chi connectivity index (χ1v) is 16.7. The van der Waals surface area contributed by atoms with Gasteiger partial charge in [-0.05, 0) is 122 Å². The summed E-state index contributed by atoms with van der Waals surface area (Å²) in [4.78, 5) is 11.9. The van der Waals surface area contributed by atoms with E-state index in [1.165, 1.54) is 25.3 Å². The lowest BCUT2D eigenvalue weighted by Crippen LogP contribution is -2.67. The molecule has 10 atom stereocenters. The van der Waals surface area contributed by atoms with E-state index in [1.807, 2.05) is 0 Å². The number of carbonyl (C=O) groups excluding carboxylic acids is 1. The quantitative estimate of drug-likeness (QED) is 0.213. The molecule has 7 heteroatoms. The Bertz CT molecular complexity index is 1130. The summed E-state index contributed by atoms with van der Waals surface area (Å²) in [5, 5.41) is 0. The second-order valence-electron chi connectivity index (χ2n) is 15.7. The number of hydrogen-bond acceptors (Lipinski definition) is 5. The van der Waals surface area contributed by atoms with Crippen LogP contribution in [0.5, 0.6) is 0 Å². The highest BCUT2D eigenvalue weighted by atomic mass is 32.3. The molecule has 0 aromatic rings. The largest absolute Gasteiger partial charge is 0.462 e. The van der Waals surface area contributed by atoms with Crippen LogP contribution in [0.15, 0.2) is 12.2 Å². The summed E-state index contributed by atoms with van der Waals surface area (Å²) in [5.74, 6) is 2.13. The fraction of sp³-hybridized carbons (Fsp3) is 0.906. The number of ether oxygens (including phenoxy) is 1. The molecule has 0 unspecified atom stereocenters. The molecule has 0 saturated heterocycles. The molecule has 0 amide bonds. The Morgan fingerprint density at radius 1 is 0.872 bits per heavy atom. The normalized spacial score (nSPS) is 48.7. The van der Waals surface area contributed by atoms with Crippen LogP contribution in [0.3, 0.4) is 0 Å². The Balaban J connectivity index is 1.50. The molecule has 0 radical (unpaired) electrons. The van der Waals surface area contributed by atoms with Crippen molar-refractivity contribution < 1.29 is 26.7 Å². The topological polar surface area (TPSA) is 89.9 Å². The van der Waals surface area contributed by atoms with Crippen molar-refractivity contribution in [1.29, 1.82) is 0 Å². The van der Waals surface area contributed by atoms with E-state index in [2.05, 4.69) is 48.1 Å². The zero-order valence-corrected chi connectivity index (χ0v) is 26.2. The molecular weight excluding hydrogens is 512 g/mol. The molecule has 0 aromatic heterocycles. The van der Waals surface area contributed by atoms with Gasteiger partial charge in [0.1, 0.15) is 6.10 Å². The van der Waals surface area contributed by atoms with Gasteiger partial charge in [-0.1, -0.05) is 46.8 Å². The number of fused-ring (bicyclic) bond motifs is 7. The van der Waals surface area contributed by atoms with E-state index in [0.29, 0.717) is 29.6 Å². The van der Waals surface area contributed by atoms with Crippen LogP contribution in [0.4, 0.5) is 0 Å². The minimum absolute atomic E-state index is 0.0164. The van der Waals surface area contributed by atoms with Gasteiger partial charge in [0, 0.05) is 12.3 Å². The van der Waals surface area contributed by atoms with Crippen LogP contribution in [-0.4, -0.2) is 31.7 Å². The number of carbonyl (C=O) groups is 1. The third kappa shape index (κ3) is 4.29. The zero-order valence-electron chi connectivity index (χ0n) is 25.3. The van der Waals surface area contributed by atoms with Crippen molar-refractivity contribution in [2.24, 2.45) is 56.7 Å². The van der Waals surface area contributed by atoms with E-state index in [4.69, 9.17) is 8.92 Å². The molecule has 0 heterocycles. The van der Waals surface area contributed by atoms with E-state index in [0.717, 1.165) is 51.4 Å². The average molecular weight is 565 g/mol. The van der Waals surface area contributed by atoms with Crippen molar-refractivity contribution in [3.63, 3.8) is 0 Å². The van der Waals surface area contributed by atoms with Crippen LogP contribution < -0.4 is 0 Å². The monoisotopic (exact) mass is 564 g/mol. The van der Waals surface area contributed by atoms with Gasteiger partial charge in [-0.15, -0.1) is 0 Å². The molecule has 1 N–H and O–H groups in total. The average Bonchev–Trinajstić information content (AvgIpc) is 3.20. The van der Waals surface area contributed by atoms with Crippen molar-refractivity contribution in [1.82, 2.24) is 0 Å². The summed E-state index contributed by atoms with van der Waals surface area (Å²) >= 11 is 0. The third-order valence-corrected chi connectivity index (χ3v) is 14.4. The van der Waals surface area contributed by atoms with Gasteiger partial charge in [0.15, 0.2) is 0 Å².